The molecule has 2 heterocycles. The van der Waals surface area contributed by atoms with Gasteiger partial charge in [0.15, 0.2) is 0 Å². The lowest BCUT2D eigenvalue weighted by Crippen LogP contribution is -2.37. The first kappa shape index (κ1) is 11.0. The molecule has 4 rings (SSSR count). The molecule has 3 fully saturated rings. The van der Waals surface area contributed by atoms with Gasteiger partial charge in [0, 0.05) is 11.8 Å². The van der Waals surface area contributed by atoms with Gasteiger partial charge in [0.1, 0.15) is 11.7 Å². The van der Waals surface area contributed by atoms with Crippen LogP contribution in [0.3, 0.4) is 0 Å². The Balaban J connectivity index is 1.78. The number of fused-ring (bicyclic) bond motifs is 2. The van der Waals surface area contributed by atoms with Gasteiger partial charge in [-0.25, -0.2) is 0 Å². The van der Waals surface area contributed by atoms with Crippen molar-refractivity contribution >= 4 is 5.97 Å². The quantitative estimate of drug-likeness (QED) is 0.375. The highest BCUT2D eigenvalue weighted by Gasteiger charge is 2.75. The Morgan fingerprint density at radius 1 is 1.44 bits per heavy atom. The van der Waals surface area contributed by atoms with E-state index < -0.39 is 0 Å². The SMILES string of the molecule is CC1=CCC23OC2(C)CC[C@@H]2[C@H](OC(=O)[C@H]2C)[C@@H]13. The second-order valence-corrected chi connectivity index (χ2v) is 6.75. The van der Waals surface area contributed by atoms with Gasteiger partial charge in [0.2, 0.25) is 0 Å². The van der Waals surface area contributed by atoms with Crippen LogP contribution in [-0.2, 0) is 14.3 Å². The Kier molecular flexibility index (Phi) is 1.84. The van der Waals surface area contributed by atoms with Crippen molar-refractivity contribution in [2.24, 2.45) is 17.8 Å². The second-order valence-electron chi connectivity index (χ2n) is 6.75. The third-order valence-corrected chi connectivity index (χ3v) is 5.95. The molecule has 98 valence electrons. The van der Waals surface area contributed by atoms with E-state index in [4.69, 9.17) is 9.47 Å². The molecule has 4 aliphatic rings. The van der Waals surface area contributed by atoms with E-state index in [1.165, 1.54) is 5.57 Å². The Morgan fingerprint density at radius 2 is 2.22 bits per heavy atom. The molecular formula is C15H20O3. The lowest BCUT2D eigenvalue weighted by atomic mass is 9.77. The average Bonchev–Trinajstić information content (AvgIpc) is 2.65. The largest absolute Gasteiger partial charge is 0.461 e. The standard InChI is InChI=1S/C15H20O3/c1-8-4-7-15-11(8)12-10(9(2)13(16)17-12)5-6-14(15,3)18-15/h4,9-12H,5-7H2,1-3H3/t9-,10-,11+,12-,14?,15?/m0/s1. The molecule has 0 aromatic carbocycles. The maximum Gasteiger partial charge on any atom is 0.309 e. The van der Waals surface area contributed by atoms with E-state index in [2.05, 4.69) is 19.9 Å². The van der Waals surface area contributed by atoms with Gasteiger partial charge in [-0.2, -0.15) is 0 Å². The molecule has 0 amide bonds. The van der Waals surface area contributed by atoms with Crippen molar-refractivity contribution in [3.05, 3.63) is 11.6 Å². The van der Waals surface area contributed by atoms with Crippen molar-refractivity contribution in [1.29, 1.82) is 0 Å². The highest BCUT2D eigenvalue weighted by Crippen LogP contribution is 2.67. The van der Waals surface area contributed by atoms with E-state index in [0.29, 0.717) is 11.8 Å². The summed E-state index contributed by atoms with van der Waals surface area (Å²) >= 11 is 0. The summed E-state index contributed by atoms with van der Waals surface area (Å²) in [6, 6.07) is 0. The molecule has 2 saturated heterocycles. The number of epoxide rings is 1. The number of carbonyl (C=O) groups excluding carboxylic acids is 1. The first-order valence-electron chi connectivity index (χ1n) is 7.06. The number of ether oxygens (including phenoxy) is 2. The Morgan fingerprint density at radius 3 is 3.00 bits per heavy atom. The average molecular weight is 248 g/mol. The molecule has 0 bridgehead atoms. The fourth-order valence-corrected chi connectivity index (χ4v) is 4.71. The van der Waals surface area contributed by atoms with Gasteiger partial charge in [0.25, 0.3) is 0 Å². The molecular weight excluding hydrogens is 228 g/mol. The molecule has 2 aliphatic carbocycles. The Hall–Kier alpha value is -0.830. The van der Waals surface area contributed by atoms with E-state index in [-0.39, 0.29) is 29.2 Å². The second kappa shape index (κ2) is 3.01. The van der Waals surface area contributed by atoms with E-state index >= 15 is 0 Å². The number of hydrogen-bond donors (Lipinski definition) is 0. The van der Waals surface area contributed by atoms with Gasteiger partial charge in [-0.15, -0.1) is 0 Å². The molecule has 1 spiro atoms. The summed E-state index contributed by atoms with van der Waals surface area (Å²) < 4.78 is 11.9. The Bertz CT molecular complexity index is 468. The molecule has 0 N–H and O–H groups in total. The molecule has 1 saturated carbocycles. The number of hydrogen-bond acceptors (Lipinski definition) is 3. The lowest BCUT2D eigenvalue weighted by molar-refractivity contribution is -0.145. The van der Waals surface area contributed by atoms with E-state index in [1.54, 1.807) is 0 Å². The summed E-state index contributed by atoms with van der Waals surface area (Å²) in [7, 11) is 0. The summed E-state index contributed by atoms with van der Waals surface area (Å²) in [6.45, 7) is 6.43. The minimum Gasteiger partial charge on any atom is -0.461 e. The van der Waals surface area contributed by atoms with Crippen LogP contribution < -0.4 is 0 Å². The van der Waals surface area contributed by atoms with E-state index in [0.717, 1.165) is 19.3 Å². The van der Waals surface area contributed by atoms with Crippen LogP contribution in [0.2, 0.25) is 0 Å². The van der Waals surface area contributed by atoms with Crippen LogP contribution in [0.4, 0.5) is 0 Å². The van der Waals surface area contributed by atoms with Crippen molar-refractivity contribution in [2.75, 3.05) is 0 Å². The molecule has 2 aliphatic heterocycles. The van der Waals surface area contributed by atoms with Gasteiger partial charge in [-0.05, 0) is 33.1 Å². The highest BCUT2D eigenvalue weighted by molar-refractivity contribution is 5.75. The first-order valence-corrected chi connectivity index (χ1v) is 7.06. The van der Waals surface area contributed by atoms with Crippen molar-refractivity contribution < 1.29 is 14.3 Å². The first-order chi connectivity index (χ1) is 8.48. The van der Waals surface area contributed by atoms with Gasteiger partial charge >= 0.3 is 5.97 Å². The van der Waals surface area contributed by atoms with Gasteiger partial charge in [0.05, 0.1) is 11.5 Å². The predicted molar refractivity (Wildman–Crippen MR) is 65.9 cm³/mol. The van der Waals surface area contributed by atoms with Gasteiger partial charge in [-0.1, -0.05) is 18.6 Å². The predicted octanol–water partition coefficient (Wildman–Crippen LogP) is 2.45. The minimum atomic E-state index is -0.0547. The van der Waals surface area contributed by atoms with Crippen molar-refractivity contribution in [3.8, 4) is 0 Å². The van der Waals surface area contributed by atoms with Crippen LogP contribution in [-0.4, -0.2) is 23.3 Å². The maximum atomic E-state index is 11.9. The minimum absolute atomic E-state index is 0.0101. The molecule has 3 heteroatoms. The summed E-state index contributed by atoms with van der Waals surface area (Å²) in [5, 5.41) is 0. The molecule has 0 aromatic heterocycles. The van der Waals surface area contributed by atoms with Crippen molar-refractivity contribution in [3.63, 3.8) is 0 Å². The third kappa shape index (κ3) is 1.04. The molecule has 0 aromatic rings. The molecule has 2 unspecified atom stereocenters. The zero-order valence-electron chi connectivity index (χ0n) is 11.2. The fraction of sp³-hybridized carbons (Fsp3) is 0.800. The topological polar surface area (TPSA) is 38.8 Å². The van der Waals surface area contributed by atoms with Crippen molar-refractivity contribution in [1.82, 2.24) is 0 Å². The summed E-state index contributed by atoms with van der Waals surface area (Å²) in [6.07, 6.45) is 5.45. The normalized spacial score (nSPS) is 57.1. The molecule has 3 nitrogen and oxygen atoms in total. The van der Waals surface area contributed by atoms with Crippen LogP contribution in [0.25, 0.3) is 0 Å². The van der Waals surface area contributed by atoms with Gasteiger partial charge in [-0.3, -0.25) is 4.79 Å². The molecule has 6 atom stereocenters. The Labute approximate surface area is 108 Å². The summed E-state index contributed by atoms with van der Waals surface area (Å²) in [5.41, 5.74) is 1.32. The zero-order chi connectivity index (χ0) is 12.7. The smallest absolute Gasteiger partial charge is 0.309 e. The third-order valence-electron chi connectivity index (χ3n) is 5.95. The monoisotopic (exact) mass is 248 g/mol. The summed E-state index contributed by atoms with van der Waals surface area (Å²) in [5.74, 6) is 0.726. The number of carbonyl (C=O) groups is 1. The van der Waals surface area contributed by atoms with Gasteiger partial charge < -0.3 is 9.47 Å². The van der Waals surface area contributed by atoms with Crippen LogP contribution in [0.1, 0.15) is 40.0 Å². The van der Waals surface area contributed by atoms with Crippen LogP contribution in [0, 0.1) is 17.8 Å². The molecule has 0 radical (unpaired) electrons. The number of esters is 1. The van der Waals surface area contributed by atoms with Crippen LogP contribution >= 0.6 is 0 Å². The highest BCUT2D eigenvalue weighted by atomic mass is 16.6. The molecule has 18 heavy (non-hydrogen) atoms. The zero-order valence-corrected chi connectivity index (χ0v) is 11.2. The van der Waals surface area contributed by atoms with Crippen LogP contribution in [0.15, 0.2) is 11.6 Å². The lowest BCUT2D eigenvalue weighted by Gasteiger charge is -2.27. The number of rotatable bonds is 0. The fourth-order valence-electron chi connectivity index (χ4n) is 4.71. The van der Waals surface area contributed by atoms with E-state index in [1.807, 2.05) is 6.92 Å². The van der Waals surface area contributed by atoms with E-state index in [9.17, 15) is 4.79 Å². The van der Waals surface area contributed by atoms with Crippen LogP contribution in [0.5, 0.6) is 0 Å². The maximum absolute atomic E-state index is 11.9. The van der Waals surface area contributed by atoms with Crippen molar-refractivity contribution in [2.45, 2.75) is 57.3 Å². The summed E-state index contributed by atoms with van der Waals surface area (Å²) in [4.78, 5) is 11.9.